The van der Waals surface area contributed by atoms with Gasteiger partial charge in [0.2, 0.25) is 5.91 Å². The van der Waals surface area contributed by atoms with Gasteiger partial charge in [0.15, 0.2) is 5.41 Å². The van der Waals surface area contributed by atoms with Crippen LogP contribution in [0.15, 0.2) is 388 Å². The molecule has 3 N–H and O–H groups in total. The van der Waals surface area contributed by atoms with Gasteiger partial charge in [-0.1, -0.05) is 610 Å². The zero-order chi connectivity index (χ0) is 118. The molecule has 6 nitrogen and oxygen atoms in total. The SMILES string of the molecule is CC.CC.CC.CC.CC.CC.CC.CC.CC.CC.CC.CC.CC.CC.CC.CC.CC(C)(C(F)(F)F)C(F)(F)F.CF.CF.CF.CF.CF.CF.CF.CF.CF.CNC(C)=O.CO.CO.COC(C)=O.c1ccc(-c2ccccc2)cc1.c1ccccc1.c1ccccc1.c1ccccc1.c1ccccc1.c1ccccc1.c1ccccc1.c1ccccc1.c1ccccc1.c1ccccc1. The molecule has 0 radical (unpaired) electrons. The lowest BCUT2D eigenvalue weighted by Gasteiger charge is -2.29. The van der Waals surface area contributed by atoms with Crippen molar-refractivity contribution in [3.05, 3.63) is 388 Å². The highest BCUT2D eigenvalue weighted by atomic mass is 19.4. The van der Waals surface area contributed by atoms with Crippen molar-refractivity contribution in [1.29, 1.82) is 0 Å². The Bertz CT molecular complexity index is 2290. The number of benzene rings is 11. The van der Waals surface area contributed by atoms with Crippen molar-refractivity contribution >= 4 is 11.9 Å². The van der Waals surface area contributed by atoms with E-state index >= 15 is 0 Å². The minimum Gasteiger partial charge on any atom is -0.469 e. The second kappa shape index (κ2) is 293. The Morgan fingerprint density at radius 1 is 0.199 bits per heavy atom. The van der Waals surface area contributed by atoms with Crippen molar-refractivity contribution in [1.82, 2.24) is 5.32 Å². The maximum Gasteiger partial charge on any atom is 0.402 e. The lowest BCUT2D eigenvalue weighted by atomic mass is 9.92. The summed E-state index contributed by atoms with van der Waals surface area (Å²) >= 11 is 0. The van der Waals surface area contributed by atoms with Gasteiger partial charge in [-0.25, -0.2) is 0 Å². The van der Waals surface area contributed by atoms with Gasteiger partial charge >= 0.3 is 18.3 Å². The third-order valence-corrected chi connectivity index (χ3v) is 9.94. The average Bonchev–Trinajstić information content (AvgIpc) is 0.791. The summed E-state index contributed by atoms with van der Waals surface area (Å²) in [5.74, 6) is -0.241. The van der Waals surface area contributed by atoms with E-state index in [0.717, 1.165) is 14.2 Å². The van der Waals surface area contributed by atoms with E-state index in [9.17, 15) is 75.4 Å². The number of hydrogen-bond acceptors (Lipinski definition) is 5. The van der Waals surface area contributed by atoms with Gasteiger partial charge in [-0.05, 0) is 25.0 Å². The van der Waals surface area contributed by atoms with E-state index in [1.165, 1.54) is 32.1 Å². The van der Waals surface area contributed by atoms with Crippen LogP contribution < -0.4 is 5.32 Å². The molecule has 0 aliphatic rings. The van der Waals surface area contributed by atoms with Crippen molar-refractivity contribution in [3.63, 3.8) is 0 Å². The lowest BCUT2D eigenvalue weighted by molar-refractivity contribution is -0.327. The molecule has 0 atom stereocenters. The Labute approximate surface area is 862 Å². The van der Waals surface area contributed by atoms with Crippen molar-refractivity contribution < 1.29 is 90.4 Å². The smallest absolute Gasteiger partial charge is 0.402 e. The minimum atomic E-state index is -5.24. The normalized spacial score (nSPS) is 6.71. The van der Waals surface area contributed by atoms with Crippen molar-refractivity contribution in [3.8, 4) is 11.1 Å². The van der Waals surface area contributed by atoms with Gasteiger partial charge in [-0.15, -0.1) is 0 Å². The molecule has 0 bridgehead atoms. The average molecular weight is 2040 g/mol. The molecule has 11 rings (SSSR count). The zero-order valence-corrected chi connectivity index (χ0v) is 97.7. The minimum absolute atomic E-state index is 0.00463. The van der Waals surface area contributed by atoms with Gasteiger partial charge in [0, 0.05) is 35.1 Å². The lowest BCUT2D eigenvalue weighted by Crippen LogP contribution is -2.44. The Kier molecular flexibility index (Phi) is 440. The van der Waals surface area contributed by atoms with Gasteiger partial charge < -0.3 is 20.3 Å². The molecule has 0 heterocycles. The van der Waals surface area contributed by atoms with E-state index in [1.807, 2.05) is 561 Å². The van der Waals surface area contributed by atoms with Crippen LogP contribution in [0.25, 0.3) is 11.1 Å². The molecule has 0 fully saturated rings. The standard InChI is InChI=1S/C12H10.9C6H6.C5H6F6.C3H7NO.C3H6O2.16C2H6.9CH3F.2CH4O/c1-3-7-11(8-4-1)12-9-5-2-6-10-12;9*1-2-4-6-5-3-1;1-3(2,4(6,7)8)5(9,10)11;1-3(5)4-2;1-3(4)5-2;27*1-2/h1-10H;9*1-6H;1-2H3;1-2H3,(H,4,5);1-2H3;16*1-2H3;9*1H3;2*2H,1H3. The number of amides is 1. The molecule has 141 heavy (non-hydrogen) atoms. The monoisotopic (exact) mass is 2030 g/mol. The van der Waals surface area contributed by atoms with E-state index < -0.39 is 17.8 Å². The third kappa shape index (κ3) is 288. The molecule has 0 aromatic heterocycles. The van der Waals surface area contributed by atoms with Crippen LogP contribution in [0.4, 0.5) is 65.9 Å². The van der Waals surface area contributed by atoms with Crippen LogP contribution in [-0.4, -0.2) is 127 Å². The maximum absolute atomic E-state index is 11.6. The summed E-state index contributed by atoms with van der Waals surface area (Å²) in [6, 6.07) is 129. The number of ether oxygens (including phenoxy) is 1. The maximum atomic E-state index is 11.6. The van der Waals surface area contributed by atoms with E-state index in [-0.39, 0.29) is 25.7 Å². The number of carbonyl (C=O) groups is 2. The van der Waals surface area contributed by atoms with Gasteiger partial charge in [0.25, 0.3) is 0 Å². The van der Waals surface area contributed by atoms with Gasteiger partial charge in [-0.3, -0.25) is 49.1 Å². The number of halogens is 15. The van der Waals surface area contributed by atoms with Crippen LogP contribution in [0.5, 0.6) is 0 Å². The van der Waals surface area contributed by atoms with Crippen LogP contribution in [0, 0.1) is 5.41 Å². The molecule has 834 valence electrons. The van der Waals surface area contributed by atoms with Gasteiger partial charge in [0.1, 0.15) is 0 Å². The van der Waals surface area contributed by atoms with Crippen LogP contribution in [0.2, 0.25) is 0 Å². The number of aliphatic hydroxyl groups is 2. The van der Waals surface area contributed by atoms with Crippen LogP contribution in [-0.2, 0) is 14.3 Å². The third-order valence-electron chi connectivity index (χ3n) is 9.94. The van der Waals surface area contributed by atoms with E-state index in [4.69, 9.17) is 10.2 Å². The fourth-order valence-electron chi connectivity index (χ4n) is 4.89. The Hall–Kier alpha value is -10.8. The summed E-state index contributed by atoms with van der Waals surface area (Å²) < 4.78 is 159. The molecule has 11 aromatic carbocycles. The number of nitrogens with one attached hydrogen (secondary N) is 1. The molecule has 0 spiro atoms. The quantitative estimate of drug-likeness (QED) is 0.112. The highest BCUT2D eigenvalue weighted by Gasteiger charge is 2.64. The topological polar surface area (TPSA) is 95.9 Å². The van der Waals surface area contributed by atoms with Gasteiger partial charge in [0.05, 0.1) is 71.7 Å². The fourth-order valence-corrected chi connectivity index (χ4v) is 4.89. The van der Waals surface area contributed by atoms with Crippen LogP contribution in [0.1, 0.15) is 249 Å². The zero-order valence-electron chi connectivity index (χ0n) is 97.7. The molecular formula is C120H214F15NO5. The van der Waals surface area contributed by atoms with Crippen molar-refractivity contribution in [2.24, 2.45) is 5.41 Å². The Morgan fingerprint density at radius 2 is 0.255 bits per heavy atom. The summed E-state index contributed by atoms with van der Waals surface area (Å²) in [6.45, 7) is 67.0. The molecule has 0 aliphatic heterocycles. The second-order valence-corrected chi connectivity index (χ2v) is 17.2. The number of carbonyl (C=O) groups excluding carboxylic acids is 2. The summed E-state index contributed by atoms with van der Waals surface area (Å²) in [5, 5.41) is 16.4. The van der Waals surface area contributed by atoms with E-state index in [2.05, 4.69) is 58.6 Å². The summed E-state index contributed by atoms with van der Waals surface area (Å²) in [4.78, 5) is 19.3. The molecule has 21 heteroatoms. The molecule has 0 unspecified atom stereocenters. The highest BCUT2D eigenvalue weighted by Crippen LogP contribution is 2.49. The van der Waals surface area contributed by atoms with Crippen LogP contribution >= 0.6 is 0 Å². The van der Waals surface area contributed by atoms with Crippen LogP contribution in [0.3, 0.4) is 0 Å². The van der Waals surface area contributed by atoms with Crippen molar-refractivity contribution in [2.45, 2.75) is 262 Å². The number of alkyl halides is 15. The number of hydrogen-bond donors (Lipinski definition) is 3. The summed E-state index contributed by atoms with van der Waals surface area (Å²) in [5.41, 5.74) is -1.07. The number of esters is 1. The Morgan fingerprint density at radius 3 is 0.291 bits per heavy atom. The first-order chi connectivity index (χ1) is 69.0. The first kappa shape index (κ1) is 212. The molecule has 0 saturated carbocycles. The molecule has 11 aromatic rings. The number of rotatable bonds is 1. The first-order valence-corrected chi connectivity index (χ1v) is 47.8. The highest BCUT2D eigenvalue weighted by molar-refractivity contribution is 5.72. The summed E-state index contributed by atoms with van der Waals surface area (Å²) in [6.07, 6.45) is -10.5. The molecule has 0 aliphatic carbocycles. The molecule has 1 amide bonds. The predicted octanol–water partition coefficient (Wildman–Crippen LogP) is 42.5. The molecular weight excluding hydrogens is 1820 g/mol. The largest absolute Gasteiger partial charge is 0.469 e. The Balaban J connectivity index is -0.0000000345. The van der Waals surface area contributed by atoms with Crippen molar-refractivity contribution in [2.75, 3.05) is 93.0 Å². The summed E-state index contributed by atoms with van der Waals surface area (Å²) in [7, 11) is 9.45. The molecule has 0 saturated heterocycles. The number of aliphatic hydroxyl groups excluding tert-OH is 2. The van der Waals surface area contributed by atoms with Gasteiger partial charge in [-0.2, -0.15) is 26.3 Å². The fraction of sp³-hybridized carbons (Fsp3) is 0.433. The first-order valence-electron chi connectivity index (χ1n) is 47.8. The van der Waals surface area contributed by atoms with E-state index in [0.29, 0.717) is 64.6 Å². The number of methoxy groups -OCH3 is 1. The predicted molar refractivity (Wildman–Crippen MR) is 614 cm³/mol. The van der Waals surface area contributed by atoms with E-state index in [1.54, 1.807) is 7.05 Å². The second-order valence-electron chi connectivity index (χ2n) is 17.2.